The smallest absolute Gasteiger partial charge is 0.0827 e. The van der Waals surface area contributed by atoms with E-state index in [1.165, 1.54) is 0 Å². The molecule has 4 nitrogen and oxygen atoms in total. The van der Waals surface area contributed by atoms with Crippen molar-refractivity contribution in [2.75, 3.05) is 6.54 Å². The van der Waals surface area contributed by atoms with Crippen molar-refractivity contribution < 1.29 is 0 Å². The molecular weight excluding hydrogens is 128 g/mol. The van der Waals surface area contributed by atoms with E-state index in [0.717, 1.165) is 25.1 Å². The highest BCUT2D eigenvalue weighted by atomic mass is 15.4. The Kier molecular flexibility index (Phi) is 2.39. The summed E-state index contributed by atoms with van der Waals surface area (Å²) >= 11 is 0. The Morgan fingerprint density at radius 1 is 1.70 bits per heavy atom. The van der Waals surface area contributed by atoms with Crippen molar-refractivity contribution >= 4 is 0 Å². The number of rotatable bonds is 3. The van der Waals surface area contributed by atoms with Crippen LogP contribution in [0, 0.1) is 0 Å². The van der Waals surface area contributed by atoms with E-state index in [4.69, 9.17) is 5.73 Å². The normalized spacial score (nSPS) is 10.2. The first kappa shape index (κ1) is 7.21. The van der Waals surface area contributed by atoms with E-state index in [1.807, 2.05) is 13.2 Å². The third kappa shape index (κ3) is 1.80. The van der Waals surface area contributed by atoms with Crippen molar-refractivity contribution in [3.8, 4) is 0 Å². The molecule has 0 aliphatic heterocycles. The molecule has 1 aromatic rings. The van der Waals surface area contributed by atoms with Crippen LogP contribution in [0.1, 0.15) is 12.1 Å². The van der Waals surface area contributed by atoms with Gasteiger partial charge < -0.3 is 5.73 Å². The minimum atomic E-state index is 0.719. The summed E-state index contributed by atoms with van der Waals surface area (Å²) in [5, 5.41) is 7.71. The van der Waals surface area contributed by atoms with Crippen LogP contribution in [-0.4, -0.2) is 21.5 Å². The molecular formula is C6H12N4. The van der Waals surface area contributed by atoms with Gasteiger partial charge in [-0.25, -0.2) is 0 Å². The van der Waals surface area contributed by atoms with Crippen molar-refractivity contribution in [3.05, 3.63) is 11.9 Å². The molecule has 0 radical (unpaired) electrons. The van der Waals surface area contributed by atoms with Crippen molar-refractivity contribution in [1.29, 1.82) is 0 Å². The van der Waals surface area contributed by atoms with E-state index in [1.54, 1.807) is 4.68 Å². The summed E-state index contributed by atoms with van der Waals surface area (Å²) in [7, 11) is 1.86. The second kappa shape index (κ2) is 3.31. The summed E-state index contributed by atoms with van der Waals surface area (Å²) in [6.45, 7) is 0.719. The SMILES string of the molecule is Cn1cc(CCCN)nn1. The van der Waals surface area contributed by atoms with Crippen LogP contribution >= 0.6 is 0 Å². The lowest BCUT2D eigenvalue weighted by Gasteiger charge is -1.88. The lowest BCUT2D eigenvalue weighted by Crippen LogP contribution is -2.00. The van der Waals surface area contributed by atoms with Crippen molar-refractivity contribution in [3.63, 3.8) is 0 Å². The van der Waals surface area contributed by atoms with E-state index >= 15 is 0 Å². The van der Waals surface area contributed by atoms with Gasteiger partial charge in [-0.2, -0.15) is 0 Å². The third-order valence-electron chi connectivity index (χ3n) is 1.29. The first-order chi connectivity index (χ1) is 4.83. The zero-order valence-electron chi connectivity index (χ0n) is 6.12. The van der Waals surface area contributed by atoms with Gasteiger partial charge in [0.15, 0.2) is 0 Å². The zero-order chi connectivity index (χ0) is 7.40. The van der Waals surface area contributed by atoms with Crippen LogP contribution in [0.4, 0.5) is 0 Å². The molecule has 0 saturated heterocycles. The summed E-state index contributed by atoms with van der Waals surface area (Å²) < 4.78 is 1.70. The lowest BCUT2D eigenvalue weighted by atomic mass is 10.2. The van der Waals surface area contributed by atoms with Gasteiger partial charge in [0, 0.05) is 13.2 Å². The van der Waals surface area contributed by atoms with Gasteiger partial charge in [0.2, 0.25) is 0 Å². The molecule has 56 valence electrons. The average molecular weight is 140 g/mol. The fourth-order valence-electron chi connectivity index (χ4n) is 0.793. The number of nitrogens with zero attached hydrogens (tertiary/aromatic N) is 3. The van der Waals surface area contributed by atoms with Crippen molar-refractivity contribution in [2.24, 2.45) is 12.8 Å². The van der Waals surface area contributed by atoms with Gasteiger partial charge in [0.25, 0.3) is 0 Å². The highest BCUT2D eigenvalue weighted by molar-refractivity contribution is 4.91. The first-order valence-electron chi connectivity index (χ1n) is 3.38. The molecule has 10 heavy (non-hydrogen) atoms. The number of hydrogen-bond acceptors (Lipinski definition) is 3. The quantitative estimate of drug-likeness (QED) is 0.627. The predicted octanol–water partition coefficient (Wildman–Crippen LogP) is -0.294. The van der Waals surface area contributed by atoms with Crippen LogP contribution < -0.4 is 5.73 Å². The molecule has 0 bridgehead atoms. The summed E-state index contributed by atoms with van der Waals surface area (Å²) in [6, 6.07) is 0. The molecule has 1 rings (SSSR count). The maximum Gasteiger partial charge on any atom is 0.0827 e. The first-order valence-corrected chi connectivity index (χ1v) is 3.38. The molecule has 2 N–H and O–H groups in total. The molecule has 0 aromatic carbocycles. The van der Waals surface area contributed by atoms with Gasteiger partial charge in [0.05, 0.1) is 5.69 Å². The van der Waals surface area contributed by atoms with E-state index in [9.17, 15) is 0 Å². The van der Waals surface area contributed by atoms with Crippen LogP contribution in [0.5, 0.6) is 0 Å². The zero-order valence-corrected chi connectivity index (χ0v) is 6.12. The number of aryl methyl sites for hydroxylation is 2. The molecule has 0 aliphatic rings. The number of hydrogen-bond donors (Lipinski definition) is 1. The molecule has 0 atom stereocenters. The van der Waals surface area contributed by atoms with Crippen LogP contribution in [0.2, 0.25) is 0 Å². The molecule has 1 heterocycles. The Hall–Kier alpha value is -0.900. The van der Waals surface area contributed by atoms with E-state index in [-0.39, 0.29) is 0 Å². The van der Waals surface area contributed by atoms with Crippen LogP contribution in [0.3, 0.4) is 0 Å². The maximum absolute atomic E-state index is 5.33. The van der Waals surface area contributed by atoms with Gasteiger partial charge in [-0.05, 0) is 19.4 Å². The minimum absolute atomic E-state index is 0.719. The molecule has 0 spiro atoms. The summed E-state index contributed by atoms with van der Waals surface area (Å²) in [4.78, 5) is 0. The Bertz CT molecular complexity index is 193. The van der Waals surface area contributed by atoms with Gasteiger partial charge in [-0.15, -0.1) is 5.10 Å². The fourth-order valence-corrected chi connectivity index (χ4v) is 0.793. The summed E-state index contributed by atoms with van der Waals surface area (Å²) in [5.74, 6) is 0. The minimum Gasteiger partial charge on any atom is -0.330 e. The molecule has 0 unspecified atom stereocenters. The molecule has 0 fully saturated rings. The van der Waals surface area contributed by atoms with E-state index in [0.29, 0.717) is 0 Å². The van der Waals surface area contributed by atoms with E-state index in [2.05, 4.69) is 10.3 Å². The van der Waals surface area contributed by atoms with Crippen LogP contribution in [-0.2, 0) is 13.5 Å². The standard InChI is InChI=1S/C6H12N4/c1-10-5-6(8-9-10)3-2-4-7/h5H,2-4,7H2,1H3. The summed E-state index contributed by atoms with van der Waals surface area (Å²) in [6.07, 6.45) is 3.83. The van der Waals surface area contributed by atoms with Crippen LogP contribution in [0.25, 0.3) is 0 Å². The Morgan fingerprint density at radius 2 is 2.50 bits per heavy atom. The topological polar surface area (TPSA) is 56.7 Å². The largest absolute Gasteiger partial charge is 0.330 e. The predicted molar refractivity (Wildman–Crippen MR) is 38.4 cm³/mol. The average Bonchev–Trinajstić information content (AvgIpc) is 2.31. The van der Waals surface area contributed by atoms with Gasteiger partial charge >= 0.3 is 0 Å². The molecule has 0 amide bonds. The molecule has 4 heteroatoms. The van der Waals surface area contributed by atoms with Gasteiger partial charge in [-0.1, -0.05) is 5.21 Å². The Balaban J connectivity index is 2.42. The summed E-state index contributed by atoms with van der Waals surface area (Å²) in [5.41, 5.74) is 6.35. The number of aromatic nitrogens is 3. The Labute approximate surface area is 60.0 Å². The lowest BCUT2D eigenvalue weighted by molar-refractivity contribution is 0.711. The Morgan fingerprint density at radius 3 is 3.00 bits per heavy atom. The van der Waals surface area contributed by atoms with Gasteiger partial charge in [0.1, 0.15) is 0 Å². The maximum atomic E-state index is 5.33. The van der Waals surface area contributed by atoms with E-state index < -0.39 is 0 Å². The van der Waals surface area contributed by atoms with Crippen molar-refractivity contribution in [1.82, 2.24) is 15.0 Å². The third-order valence-corrected chi connectivity index (χ3v) is 1.29. The fraction of sp³-hybridized carbons (Fsp3) is 0.667. The van der Waals surface area contributed by atoms with Gasteiger partial charge in [-0.3, -0.25) is 4.68 Å². The number of nitrogens with two attached hydrogens (primary N) is 1. The molecule has 0 saturated carbocycles. The monoisotopic (exact) mass is 140 g/mol. The highest BCUT2D eigenvalue weighted by Gasteiger charge is 1.95. The molecule has 1 aromatic heterocycles. The second-order valence-electron chi connectivity index (χ2n) is 2.28. The highest BCUT2D eigenvalue weighted by Crippen LogP contribution is 1.94. The second-order valence-corrected chi connectivity index (χ2v) is 2.28. The van der Waals surface area contributed by atoms with Crippen molar-refractivity contribution in [2.45, 2.75) is 12.8 Å². The van der Waals surface area contributed by atoms with Crippen LogP contribution in [0.15, 0.2) is 6.20 Å². The molecule has 0 aliphatic carbocycles.